The third kappa shape index (κ3) is 4.54. The highest BCUT2D eigenvalue weighted by Gasteiger charge is 2.60. The van der Waals surface area contributed by atoms with Crippen LogP contribution in [0.1, 0.15) is 98.3 Å². The molecule has 1 unspecified atom stereocenters. The predicted molar refractivity (Wildman–Crippen MR) is 131 cm³/mol. The van der Waals surface area contributed by atoms with Gasteiger partial charge in [-0.2, -0.15) is 0 Å². The lowest BCUT2D eigenvalue weighted by molar-refractivity contribution is -0.144. The van der Waals surface area contributed by atoms with E-state index in [1.807, 2.05) is 0 Å². The summed E-state index contributed by atoms with van der Waals surface area (Å²) in [5.74, 6) is 2.60. The van der Waals surface area contributed by atoms with Gasteiger partial charge >= 0.3 is 5.97 Å². The second-order valence-electron chi connectivity index (χ2n) is 13.0. The number of carbonyl (C=O) groups is 2. The van der Waals surface area contributed by atoms with Crippen LogP contribution in [0.5, 0.6) is 0 Å². The molecule has 0 heterocycles. The number of hydrogen-bond acceptors (Lipinski definition) is 4. The molecular formula is C28H47NO5. The molecule has 0 aliphatic heterocycles. The molecule has 34 heavy (non-hydrogen) atoms. The maximum atomic E-state index is 12.4. The molecule has 0 saturated heterocycles. The van der Waals surface area contributed by atoms with Crippen molar-refractivity contribution >= 4 is 11.9 Å². The van der Waals surface area contributed by atoms with Crippen molar-refractivity contribution in [2.24, 2.45) is 46.3 Å². The van der Waals surface area contributed by atoms with Gasteiger partial charge in [-0.05, 0) is 117 Å². The van der Waals surface area contributed by atoms with Gasteiger partial charge in [0.2, 0.25) is 5.91 Å². The summed E-state index contributed by atoms with van der Waals surface area (Å²) in [5.41, 5.74) is 0.730. The Labute approximate surface area is 205 Å². The fourth-order valence-corrected chi connectivity index (χ4v) is 9.40. The molecule has 0 aromatic heterocycles. The molecule has 4 N–H and O–H groups in total. The Bertz CT molecular complexity index is 770. The van der Waals surface area contributed by atoms with Crippen LogP contribution in [0.15, 0.2) is 0 Å². The fourth-order valence-electron chi connectivity index (χ4n) is 9.40. The zero-order chi connectivity index (χ0) is 24.8. The summed E-state index contributed by atoms with van der Waals surface area (Å²) in [6.07, 6.45) is 10.7. The van der Waals surface area contributed by atoms with Crippen LogP contribution in [0, 0.1) is 46.3 Å². The first-order valence-electron chi connectivity index (χ1n) is 13.9. The van der Waals surface area contributed by atoms with Gasteiger partial charge in [0, 0.05) is 6.42 Å². The number of aliphatic hydroxyl groups excluding tert-OH is 2. The standard InChI is InChI=1S/C28H47NO5/c1-16(5-10-24(32)29-25(17(2)30)26(33)34)21-8-9-22-20-7-6-18-15-19(31)11-13-27(18,3)23(20)12-14-28(21,22)4/h16-23,25,30-31H,5-15H2,1-4H3,(H,29,32)(H,33,34)/t16?,17-,18+,19+,20-,21+,22-,23-,25-,27-,28+/m0/s1. The van der Waals surface area contributed by atoms with Crippen molar-refractivity contribution in [3.63, 3.8) is 0 Å². The minimum Gasteiger partial charge on any atom is -0.480 e. The first kappa shape index (κ1) is 25.9. The average Bonchev–Trinajstić information content (AvgIpc) is 3.13. The molecule has 6 heteroatoms. The van der Waals surface area contributed by atoms with Crippen LogP contribution in [0.4, 0.5) is 0 Å². The molecule has 6 nitrogen and oxygen atoms in total. The molecule has 4 rings (SSSR count). The van der Waals surface area contributed by atoms with Crippen LogP contribution in [0.2, 0.25) is 0 Å². The lowest BCUT2D eigenvalue weighted by atomic mass is 9.44. The highest BCUT2D eigenvalue weighted by atomic mass is 16.4. The van der Waals surface area contributed by atoms with Crippen molar-refractivity contribution in [3.05, 3.63) is 0 Å². The maximum absolute atomic E-state index is 12.4. The molecule has 4 saturated carbocycles. The fraction of sp³-hybridized carbons (Fsp3) is 0.929. The number of carbonyl (C=O) groups excluding carboxylic acids is 1. The second-order valence-corrected chi connectivity index (χ2v) is 13.0. The van der Waals surface area contributed by atoms with E-state index in [1.54, 1.807) is 0 Å². The molecule has 0 aromatic carbocycles. The Hall–Kier alpha value is -1.14. The van der Waals surface area contributed by atoms with Gasteiger partial charge in [0.1, 0.15) is 0 Å². The number of rotatable bonds is 7. The van der Waals surface area contributed by atoms with E-state index in [2.05, 4.69) is 26.1 Å². The highest BCUT2D eigenvalue weighted by molar-refractivity contribution is 5.83. The van der Waals surface area contributed by atoms with Gasteiger partial charge in [-0.25, -0.2) is 4.79 Å². The molecule has 0 spiro atoms. The smallest absolute Gasteiger partial charge is 0.328 e. The molecule has 0 aromatic rings. The van der Waals surface area contributed by atoms with E-state index in [4.69, 9.17) is 0 Å². The number of carboxylic acids is 1. The maximum Gasteiger partial charge on any atom is 0.328 e. The molecule has 194 valence electrons. The summed E-state index contributed by atoms with van der Waals surface area (Å²) < 4.78 is 0. The zero-order valence-corrected chi connectivity index (χ0v) is 21.6. The Morgan fingerprint density at radius 2 is 1.65 bits per heavy atom. The lowest BCUT2D eigenvalue weighted by Crippen LogP contribution is -2.54. The highest BCUT2D eigenvalue weighted by Crippen LogP contribution is 2.68. The largest absolute Gasteiger partial charge is 0.480 e. The average molecular weight is 478 g/mol. The Kier molecular flexibility index (Phi) is 7.42. The van der Waals surface area contributed by atoms with Crippen LogP contribution >= 0.6 is 0 Å². The summed E-state index contributed by atoms with van der Waals surface area (Å²) >= 11 is 0. The van der Waals surface area contributed by atoms with Crippen LogP contribution in [-0.4, -0.2) is 45.4 Å². The second kappa shape index (κ2) is 9.72. The summed E-state index contributed by atoms with van der Waals surface area (Å²) in [7, 11) is 0. The van der Waals surface area contributed by atoms with Gasteiger partial charge in [0.15, 0.2) is 6.04 Å². The van der Waals surface area contributed by atoms with Crippen molar-refractivity contribution < 1.29 is 24.9 Å². The van der Waals surface area contributed by atoms with Crippen molar-refractivity contribution in [2.75, 3.05) is 0 Å². The Morgan fingerprint density at radius 3 is 2.32 bits per heavy atom. The van der Waals surface area contributed by atoms with E-state index in [1.165, 1.54) is 51.9 Å². The number of carboxylic acid groups (broad SMARTS) is 1. The van der Waals surface area contributed by atoms with Gasteiger partial charge in [-0.15, -0.1) is 0 Å². The van der Waals surface area contributed by atoms with Gasteiger partial charge in [0.05, 0.1) is 12.2 Å². The van der Waals surface area contributed by atoms with Gasteiger partial charge in [-0.1, -0.05) is 20.8 Å². The topological polar surface area (TPSA) is 107 Å². The summed E-state index contributed by atoms with van der Waals surface area (Å²) in [6.45, 7) is 8.73. The van der Waals surface area contributed by atoms with Crippen LogP contribution < -0.4 is 5.32 Å². The number of fused-ring (bicyclic) bond motifs is 5. The third-order valence-corrected chi connectivity index (χ3v) is 11.3. The van der Waals surface area contributed by atoms with E-state index < -0.39 is 18.1 Å². The van der Waals surface area contributed by atoms with E-state index >= 15 is 0 Å². The number of hydrogen-bond donors (Lipinski definition) is 4. The molecule has 1 amide bonds. The minimum atomic E-state index is -1.25. The molecule has 0 radical (unpaired) electrons. The van der Waals surface area contributed by atoms with Gasteiger partial charge in [0.25, 0.3) is 0 Å². The van der Waals surface area contributed by atoms with Crippen molar-refractivity contribution in [1.82, 2.24) is 5.32 Å². The lowest BCUT2D eigenvalue weighted by Gasteiger charge is -2.61. The molecule has 11 atom stereocenters. The quantitative estimate of drug-likeness (QED) is 0.436. The number of amides is 1. The molecule has 4 aliphatic rings. The van der Waals surface area contributed by atoms with Gasteiger partial charge in [-0.3, -0.25) is 4.79 Å². The van der Waals surface area contributed by atoms with Crippen LogP contribution in [-0.2, 0) is 9.59 Å². The molecule has 4 aliphatic carbocycles. The molecule has 0 bridgehead atoms. The molecular weight excluding hydrogens is 430 g/mol. The first-order valence-corrected chi connectivity index (χ1v) is 13.9. The SMILES string of the molecule is CC(CCC(=O)N[C@H](C(=O)O)[C@H](C)O)[C@H]1CC[C@H]2[C@@H]3CC[C@@H]4C[C@H](O)CC[C@]4(C)[C@H]3CC[C@]12C. The van der Waals surface area contributed by atoms with Crippen molar-refractivity contribution in [3.8, 4) is 0 Å². The van der Waals surface area contributed by atoms with Gasteiger partial charge < -0.3 is 20.6 Å². The number of aliphatic carboxylic acids is 1. The Morgan fingerprint density at radius 1 is 0.971 bits per heavy atom. The van der Waals surface area contributed by atoms with E-state index in [0.717, 1.165) is 37.0 Å². The third-order valence-electron chi connectivity index (χ3n) is 11.3. The Balaban J connectivity index is 1.38. The number of nitrogens with one attached hydrogen (secondary N) is 1. The van der Waals surface area contributed by atoms with E-state index in [9.17, 15) is 24.9 Å². The van der Waals surface area contributed by atoms with Crippen LogP contribution in [0.3, 0.4) is 0 Å². The molecule has 4 fully saturated rings. The summed E-state index contributed by atoms with van der Waals surface area (Å²) in [4.78, 5) is 23.7. The monoisotopic (exact) mass is 477 g/mol. The normalized spacial score (nSPS) is 44.2. The van der Waals surface area contributed by atoms with E-state index in [0.29, 0.717) is 35.0 Å². The zero-order valence-electron chi connectivity index (χ0n) is 21.6. The predicted octanol–water partition coefficient (Wildman–Crippen LogP) is 4.37. The van der Waals surface area contributed by atoms with Crippen molar-refractivity contribution in [1.29, 1.82) is 0 Å². The summed E-state index contributed by atoms with van der Waals surface area (Å²) in [5, 5.41) is 31.6. The first-order chi connectivity index (χ1) is 16.0. The number of aliphatic hydroxyl groups is 2. The van der Waals surface area contributed by atoms with Crippen LogP contribution in [0.25, 0.3) is 0 Å². The van der Waals surface area contributed by atoms with E-state index in [-0.39, 0.29) is 12.0 Å². The minimum absolute atomic E-state index is 0.0937. The van der Waals surface area contributed by atoms with Crippen molar-refractivity contribution in [2.45, 2.75) is 117 Å². The summed E-state index contributed by atoms with van der Waals surface area (Å²) in [6, 6.07) is -1.25.